The van der Waals surface area contributed by atoms with Crippen LogP contribution in [0.2, 0.25) is 0 Å². The Morgan fingerprint density at radius 3 is 2.61 bits per heavy atom. The summed E-state index contributed by atoms with van der Waals surface area (Å²) >= 11 is 1.87. The van der Waals surface area contributed by atoms with Crippen LogP contribution in [0.15, 0.2) is 29.4 Å². The van der Waals surface area contributed by atoms with Crippen LogP contribution < -0.4 is 0 Å². The van der Waals surface area contributed by atoms with Gasteiger partial charge in [-0.2, -0.15) is 11.8 Å². The van der Waals surface area contributed by atoms with Crippen LogP contribution in [-0.2, 0) is 4.79 Å². The van der Waals surface area contributed by atoms with Gasteiger partial charge in [-0.05, 0) is 11.5 Å². The monoisotopic (exact) mass is 263 g/mol. The predicted octanol–water partition coefficient (Wildman–Crippen LogP) is 3.50. The Balaban J connectivity index is 2.60. The molecule has 0 bridgehead atoms. The lowest BCUT2D eigenvalue weighted by atomic mass is 9.59. The molecule has 2 rings (SSSR count). The Morgan fingerprint density at radius 1 is 1.17 bits per heavy atom. The van der Waals surface area contributed by atoms with E-state index in [9.17, 15) is 4.79 Å². The van der Waals surface area contributed by atoms with Gasteiger partial charge in [0.25, 0.3) is 0 Å². The van der Waals surface area contributed by atoms with Gasteiger partial charge in [-0.15, -0.1) is 0 Å². The van der Waals surface area contributed by atoms with Crippen LogP contribution in [0.1, 0.15) is 27.7 Å². The molecule has 1 saturated heterocycles. The molecule has 0 aliphatic carbocycles. The first kappa shape index (κ1) is 13.6. The van der Waals surface area contributed by atoms with Crippen LogP contribution >= 0.6 is 11.8 Å². The largest absolute Gasteiger partial charge is 0.298 e. The van der Waals surface area contributed by atoms with Gasteiger partial charge in [-0.25, -0.2) is 0 Å². The number of Topliss-reactive ketones (excluding diaryl/α,β-unsaturated/α-hetero) is 1. The van der Waals surface area contributed by atoms with E-state index in [1.165, 1.54) is 0 Å². The first-order valence-electron chi connectivity index (χ1n) is 6.33. The average Bonchev–Trinajstić information content (AvgIpc) is 2.55. The van der Waals surface area contributed by atoms with Gasteiger partial charge in [0.05, 0.1) is 5.41 Å². The van der Waals surface area contributed by atoms with E-state index in [1.807, 2.05) is 50.1 Å². The molecule has 1 unspecified atom stereocenters. The van der Waals surface area contributed by atoms with Crippen molar-refractivity contribution in [1.29, 1.82) is 0 Å². The highest BCUT2D eigenvalue weighted by Crippen LogP contribution is 2.50. The molecule has 2 aliphatic rings. The highest BCUT2D eigenvalue weighted by atomic mass is 32.2. The molecule has 0 saturated carbocycles. The number of aliphatic imine (C=N–C) groups is 1. The van der Waals surface area contributed by atoms with Crippen molar-refractivity contribution in [2.24, 2.45) is 21.2 Å². The SMILES string of the molecule is CC1(C)CSCC(C)(C)C2(C=CC=CN=C2)C1=O. The molecule has 1 atom stereocenters. The lowest BCUT2D eigenvalue weighted by Crippen LogP contribution is -2.49. The van der Waals surface area contributed by atoms with Gasteiger partial charge < -0.3 is 0 Å². The van der Waals surface area contributed by atoms with Crippen molar-refractivity contribution in [3.8, 4) is 0 Å². The molecule has 0 aromatic carbocycles. The molecule has 1 fully saturated rings. The van der Waals surface area contributed by atoms with E-state index < -0.39 is 5.41 Å². The van der Waals surface area contributed by atoms with Crippen LogP contribution in [0.25, 0.3) is 0 Å². The van der Waals surface area contributed by atoms with E-state index in [-0.39, 0.29) is 16.6 Å². The first-order chi connectivity index (χ1) is 8.32. The van der Waals surface area contributed by atoms with Crippen LogP contribution in [0.4, 0.5) is 0 Å². The Hall–Kier alpha value is -0.830. The number of hydrogen-bond acceptors (Lipinski definition) is 3. The fourth-order valence-electron chi connectivity index (χ4n) is 2.66. The number of thioether (sulfide) groups is 1. The van der Waals surface area contributed by atoms with E-state index >= 15 is 0 Å². The molecule has 3 heteroatoms. The quantitative estimate of drug-likeness (QED) is 0.669. The average molecular weight is 263 g/mol. The second-order valence-corrected chi connectivity index (χ2v) is 7.42. The smallest absolute Gasteiger partial charge is 0.155 e. The minimum Gasteiger partial charge on any atom is -0.298 e. The van der Waals surface area contributed by atoms with E-state index in [2.05, 4.69) is 18.8 Å². The van der Waals surface area contributed by atoms with Crippen molar-refractivity contribution in [1.82, 2.24) is 0 Å². The summed E-state index contributed by atoms with van der Waals surface area (Å²) in [5, 5.41) is 0. The van der Waals surface area contributed by atoms with Crippen LogP contribution in [0, 0.1) is 16.2 Å². The van der Waals surface area contributed by atoms with Crippen molar-refractivity contribution in [3.05, 3.63) is 24.4 Å². The Morgan fingerprint density at radius 2 is 1.89 bits per heavy atom. The third-order valence-corrected chi connectivity index (χ3v) is 5.81. The number of rotatable bonds is 0. The predicted molar refractivity (Wildman–Crippen MR) is 79.1 cm³/mol. The summed E-state index contributed by atoms with van der Waals surface area (Å²) < 4.78 is 0. The molecule has 0 amide bonds. The summed E-state index contributed by atoms with van der Waals surface area (Å²) in [6, 6.07) is 0. The Kier molecular flexibility index (Phi) is 3.30. The molecule has 98 valence electrons. The lowest BCUT2D eigenvalue weighted by Gasteiger charge is -2.41. The molecule has 2 heterocycles. The number of nitrogens with zero attached hydrogens (tertiary/aromatic N) is 1. The summed E-state index contributed by atoms with van der Waals surface area (Å²) in [5.74, 6) is 2.14. The maximum atomic E-state index is 13.0. The molecule has 0 aromatic heterocycles. The molecular weight excluding hydrogens is 242 g/mol. The van der Waals surface area contributed by atoms with Crippen molar-refractivity contribution < 1.29 is 4.79 Å². The molecular formula is C15H21NOS. The molecule has 2 aliphatic heterocycles. The number of allylic oxidation sites excluding steroid dienone is 3. The third-order valence-electron chi connectivity index (χ3n) is 3.96. The van der Waals surface area contributed by atoms with Gasteiger partial charge in [0, 0.05) is 29.3 Å². The van der Waals surface area contributed by atoms with Crippen molar-refractivity contribution in [2.75, 3.05) is 11.5 Å². The van der Waals surface area contributed by atoms with E-state index in [1.54, 1.807) is 6.20 Å². The van der Waals surface area contributed by atoms with E-state index in [0.717, 1.165) is 11.5 Å². The van der Waals surface area contributed by atoms with Crippen LogP contribution in [-0.4, -0.2) is 23.5 Å². The minimum absolute atomic E-state index is 0.117. The molecule has 2 nitrogen and oxygen atoms in total. The standard InChI is InChI=1S/C15H21NOS/c1-13(2)10-18-11-14(3,4)15(12(13)17)7-5-6-8-16-9-15/h5-9H,10-11H2,1-4H3. The van der Waals surface area contributed by atoms with Gasteiger partial charge in [-0.3, -0.25) is 9.79 Å². The molecule has 18 heavy (non-hydrogen) atoms. The van der Waals surface area contributed by atoms with Crippen molar-refractivity contribution in [2.45, 2.75) is 27.7 Å². The summed E-state index contributed by atoms with van der Waals surface area (Å²) in [6.45, 7) is 8.43. The van der Waals surface area contributed by atoms with Crippen molar-refractivity contribution >= 4 is 23.8 Å². The molecule has 0 aromatic rings. The zero-order chi connectivity index (χ0) is 13.4. The number of hydrogen-bond donors (Lipinski definition) is 0. The van der Waals surface area contributed by atoms with Gasteiger partial charge in [0.1, 0.15) is 0 Å². The van der Waals surface area contributed by atoms with Gasteiger partial charge >= 0.3 is 0 Å². The lowest BCUT2D eigenvalue weighted by molar-refractivity contribution is -0.133. The minimum atomic E-state index is -0.580. The Bertz CT molecular complexity index is 427. The van der Waals surface area contributed by atoms with Crippen molar-refractivity contribution in [3.63, 3.8) is 0 Å². The fraction of sp³-hybridized carbons (Fsp3) is 0.600. The van der Waals surface area contributed by atoms with Gasteiger partial charge in [-0.1, -0.05) is 39.8 Å². The number of carbonyl (C=O) groups excluding carboxylic acids is 1. The normalized spacial score (nSPS) is 33.4. The highest BCUT2D eigenvalue weighted by molar-refractivity contribution is 7.99. The summed E-state index contributed by atoms with van der Waals surface area (Å²) in [4.78, 5) is 17.3. The fourth-order valence-corrected chi connectivity index (χ4v) is 4.15. The topological polar surface area (TPSA) is 29.4 Å². The molecule has 0 radical (unpaired) electrons. The van der Waals surface area contributed by atoms with E-state index in [4.69, 9.17) is 0 Å². The Labute approximate surface area is 114 Å². The maximum absolute atomic E-state index is 13.0. The highest BCUT2D eigenvalue weighted by Gasteiger charge is 2.54. The zero-order valence-corrected chi connectivity index (χ0v) is 12.4. The van der Waals surface area contributed by atoms with Gasteiger partial charge in [0.15, 0.2) is 5.78 Å². The second kappa shape index (κ2) is 4.37. The number of ketones is 1. The summed E-state index contributed by atoms with van der Waals surface area (Å²) in [5.41, 5.74) is -1.00. The van der Waals surface area contributed by atoms with Gasteiger partial charge in [0.2, 0.25) is 0 Å². The number of carbonyl (C=O) groups is 1. The van der Waals surface area contributed by atoms with E-state index in [0.29, 0.717) is 0 Å². The van der Waals surface area contributed by atoms with Crippen LogP contribution in [0.5, 0.6) is 0 Å². The second-order valence-electron chi connectivity index (χ2n) is 6.44. The maximum Gasteiger partial charge on any atom is 0.155 e. The first-order valence-corrected chi connectivity index (χ1v) is 7.49. The van der Waals surface area contributed by atoms with Crippen LogP contribution in [0.3, 0.4) is 0 Å². The summed E-state index contributed by atoms with van der Waals surface area (Å²) in [7, 11) is 0. The summed E-state index contributed by atoms with van der Waals surface area (Å²) in [6.07, 6.45) is 9.48. The molecule has 1 spiro atoms. The molecule has 0 N–H and O–H groups in total. The zero-order valence-electron chi connectivity index (χ0n) is 11.6. The third kappa shape index (κ3) is 1.99.